The lowest BCUT2D eigenvalue weighted by molar-refractivity contribution is -0.119. The van der Waals surface area contributed by atoms with Gasteiger partial charge in [-0.05, 0) is 79.1 Å². The molecule has 1 fully saturated rings. The molecule has 0 unspecified atom stereocenters. The second-order valence-corrected chi connectivity index (χ2v) is 12.9. The zero-order valence-electron chi connectivity index (χ0n) is 26.8. The molecule has 3 aromatic heterocycles. The van der Waals surface area contributed by atoms with E-state index in [1.54, 1.807) is 15.8 Å². The molecule has 0 aliphatic carbocycles. The first-order valence-electron chi connectivity index (χ1n) is 16.0. The van der Waals surface area contributed by atoms with Crippen LogP contribution in [-0.4, -0.2) is 43.2 Å². The Kier molecular flexibility index (Phi) is 9.86. The number of aryl methyl sites for hydroxylation is 1. The van der Waals surface area contributed by atoms with Crippen LogP contribution in [-0.2, 0) is 17.6 Å². The highest BCUT2D eigenvalue weighted by molar-refractivity contribution is 7.19. The van der Waals surface area contributed by atoms with Gasteiger partial charge in [0.1, 0.15) is 11.6 Å². The molecule has 3 amide bonds. The van der Waals surface area contributed by atoms with E-state index < -0.39 is 6.03 Å². The van der Waals surface area contributed by atoms with Crippen molar-refractivity contribution < 1.29 is 14.3 Å². The number of piperidine rings is 1. The fourth-order valence-corrected chi connectivity index (χ4v) is 6.33. The van der Waals surface area contributed by atoms with E-state index in [0.717, 1.165) is 65.6 Å². The SMILES string of the molecule is CCCc1ccc(-n2nc(CC(C)C)cc2NC(=O)Nc2cnc(Oc3ccc(-c4cnc(N5CCCCC5=O)s4)cc3)nc2)cc1. The third-order valence-electron chi connectivity index (χ3n) is 7.62. The average Bonchev–Trinajstić information content (AvgIpc) is 3.70. The van der Waals surface area contributed by atoms with Gasteiger partial charge in [-0.15, -0.1) is 0 Å². The zero-order chi connectivity index (χ0) is 32.8. The van der Waals surface area contributed by atoms with E-state index in [2.05, 4.69) is 58.5 Å². The summed E-state index contributed by atoms with van der Waals surface area (Å²) in [5, 5.41) is 11.2. The lowest BCUT2D eigenvalue weighted by atomic mass is 10.1. The van der Waals surface area contributed by atoms with Crippen LogP contribution in [0, 0.1) is 5.92 Å². The number of aromatic nitrogens is 5. The number of amides is 3. The number of hydrogen-bond acceptors (Lipinski definition) is 8. The van der Waals surface area contributed by atoms with Crippen LogP contribution in [0.1, 0.15) is 57.7 Å². The number of ether oxygens (including phenoxy) is 1. The van der Waals surface area contributed by atoms with Crippen molar-refractivity contribution in [3.8, 4) is 27.9 Å². The molecule has 12 heteroatoms. The fraction of sp³-hybridized carbons (Fsp3) is 0.314. The Morgan fingerprint density at radius 3 is 2.45 bits per heavy atom. The van der Waals surface area contributed by atoms with Crippen LogP contribution in [0.4, 0.5) is 21.4 Å². The topological polar surface area (TPSA) is 127 Å². The quantitative estimate of drug-likeness (QED) is 0.149. The monoisotopic (exact) mass is 650 g/mol. The minimum absolute atomic E-state index is 0.134. The Morgan fingerprint density at radius 1 is 0.979 bits per heavy atom. The summed E-state index contributed by atoms with van der Waals surface area (Å²) in [6, 6.07) is 17.4. The van der Waals surface area contributed by atoms with Crippen LogP contribution in [0.15, 0.2) is 73.2 Å². The molecule has 0 saturated carbocycles. The summed E-state index contributed by atoms with van der Waals surface area (Å²) < 4.78 is 7.59. The van der Waals surface area contributed by atoms with E-state index in [1.807, 2.05) is 42.5 Å². The highest BCUT2D eigenvalue weighted by atomic mass is 32.1. The molecule has 47 heavy (non-hydrogen) atoms. The summed E-state index contributed by atoms with van der Waals surface area (Å²) in [7, 11) is 0. The number of nitrogens with zero attached hydrogens (tertiary/aromatic N) is 6. The normalized spacial score (nSPS) is 13.2. The van der Waals surface area contributed by atoms with Gasteiger partial charge in [-0.2, -0.15) is 5.10 Å². The van der Waals surface area contributed by atoms with Gasteiger partial charge in [0.2, 0.25) is 5.91 Å². The van der Waals surface area contributed by atoms with Gasteiger partial charge in [0.25, 0.3) is 0 Å². The number of urea groups is 1. The number of hydrogen-bond donors (Lipinski definition) is 2. The molecular formula is C35H38N8O3S. The summed E-state index contributed by atoms with van der Waals surface area (Å²) in [6.07, 6.45) is 10.2. The van der Waals surface area contributed by atoms with Gasteiger partial charge in [-0.3, -0.25) is 15.0 Å². The molecular weight excluding hydrogens is 613 g/mol. The van der Waals surface area contributed by atoms with Crippen molar-refractivity contribution in [1.82, 2.24) is 24.7 Å². The van der Waals surface area contributed by atoms with Crippen LogP contribution in [0.25, 0.3) is 16.1 Å². The molecule has 2 aromatic carbocycles. The first kappa shape index (κ1) is 31.9. The van der Waals surface area contributed by atoms with Gasteiger partial charge in [0, 0.05) is 25.2 Å². The molecule has 1 aliphatic heterocycles. The predicted octanol–water partition coefficient (Wildman–Crippen LogP) is 7.89. The second kappa shape index (κ2) is 14.5. The van der Waals surface area contributed by atoms with Crippen LogP contribution in [0.3, 0.4) is 0 Å². The molecule has 0 radical (unpaired) electrons. The third kappa shape index (κ3) is 8.01. The number of thiazole rings is 1. The lowest BCUT2D eigenvalue weighted by Crippen LogP contribution is -2.34. The summed E-state index contributed by atoms with van der Waals surface area (Å²) in [6.45, 7) is 7.16. The molecule has 2 N–H and O–H groups in total. The largest absolute Gasteiger partial charge is 0.424 e. The highest BCUT2D eigenvalue weighted by Crippen LogP contribution is 2.34. The summed E-state index contributed by atoms with van der Waals surface area (Å²) in [5.74, 6) is 1.69. The van der Waals surface area contributed by atoms with Gasteiger partial charge in [0.15, 0.2) is 5.13 Å². The minimum atomic E-state index is -0.436. The number of carbonyl (C=O) groups is 2. The van der Waals surface area contributed by atoms with Crippen LogP contribution < -0.4 is 20.3 Å². The van der Waals surface area contributed by atoms with E-state index in [1.165, 1.54) is 29.3 Å². The second-order valence-electron chi connectivity index (χ2n) is 11.9. The smallest absolute Gasteiger partial charge is 0.324 e. The third-order valence-corrected chi connectivity index (χ3v) is 8.69. The van der Waals surface area contributed by atoms with Crippen LogP contribution in [0.2, 0.25) is 0 Å². The number of nitrogens with one attached hydrogen (secondary N) is 2. The van der Waals surface area contributed by atoms with E-state index in [0.29, 0.717) is 29.6 Å². The number of benzene rings is 2. The van der Waals surface area contributed by atoms with Crippen molar-refractivity contribution in [3.05, 3.63) is 84.4 Å². The maximum Gasteiger partial charge on any atom is 0.324 e. The molecule has 0 bridgehead atoms. The molecule has 0 spiro atoms. The molecule has 1 saturated heterocycles. The molecule has 1 aliphatic rings. The van der Waals surface area contributed by atoms with E-state index in [-0.39, 0.29) is 11.9 Å². The zero-order valence-corrected chi connectivity index (χ0v) is 27.6. The first-order chi connectivity index (χ1) is 22.8. The van der Waals surface area contributed by atoms with E-state index >= 15 is 0 Å². The highest BCUT2D eigenvalue weighted by Gasteiger charge is 2.22. The number of carbonyl (C=O) groups excluding carboxylic acids is 2. The van der Waals surface area contributed by atoms with Crippen LogP contribution in [0.5, 0.6) is 11.8 Å². The predicted molar refractivity (Wildman–Crippen MR) is 185 cm³/mol. The van der Waals surface area contributed by atoms with Gasteiger partial charge >= 0.3 is 12.0 Å². The minimum Gasteiger partial charge on any atom is -0.424 e. The van der Waals surface area contributed by atoms with Crippen molar-refractivity contribution >= 4 is 39.9 Å². The van der Waals surface area contributed by atoms with Gasteiger partial charge in [0.05, 0.1) is 34.3 Å². The maximum atomic E-state index is 13.0. The van der Waals surface area contributed by atoms with Crippen LogP contribution >= 0.6 is 11.3 Å². The Labute approximate surface area is 278 Å². The Morgan fingerprint density at radius 2 is 1.74 bits per heavy atom. The summed E-state index contributed by atoms with van der Waals surface area (Å²) >= 11 is 1.50. The average molecular weight is 651 g/mol. The van der Waals surface area contributed by atoms with E-state index in [9.17, 15) is 9.59 Å². The standard InChI is InChI=1S/C35H38N8O3S/c1-4-7-24-9-13-28(14-10-24)43-31(19-26(41-43)18-23(2)3)40-33(45)39-27-20-36-34(37-21-27)46-29-15-11-25(12-16-29)30-22-38-35(47-30)42-17-6-5-8-32(42)44/h9-16,19-23H,4-8,17-18H2,1-3H3,(H2,39,40,45). The van der Waals surface area contributed by atoms with Gasteiger partial charge in [-0.25, -0.2) is 24.4 Å². The molecule has 6 rings (SSSR count). The van der Waals surface area contributed by atoms with Crippen molar-refractivity contribution in [2.24, 2.45) is 5.92 Å². The van der Waals surface area contributed by atoms with Crippen molar-refractivity contribution in [2.75, 3.05) is 22.1 Å². The number of anilines is 3. The Hall–Kier alpha value is -5.10. The molecule has 5 aromatic rings. The van der Waals surface area contributed by atoms with Crippen molar-refractivity contribution in [1.29, 1.82) is 0 Å². The Bertz CT molecular complexity index is 1820. The van der Waals surface area contributed by atoms with Gasteiger partial charge in [-0.1, -0.05) is 50.7 Å². The summed E-state index contributed by atoms with van der Waals surface area (Å²) in [4.78, 5) is 41.0. The molecule has 11 nitrogen and oxygen atoms in total. The first-order valence-corrected chi connectivity index (χ1v) is 16.8. The lowest BCUT2D eigenvalue weighted by Gasteiger charge is -2.23. The van der Waals surface area contributed by atoms with Crippen molar-refractivity contribution in [2.45, 2.75) is 59.3 Å². The van der Waals surface area contributed by atoms with Gasteiger partial charge < -0.3 is 10.1 Å². The Balaban J connectivity index is 1.07. The summed E-state index contributed by atoms with van der Waals surface area (Å²) in [5.41, 5.74) is 4.43. The maximum absolute atomic E-state index is 13.0. The van der Waals surface area contributed by atoms with E-state index in [4.69, 9.17) is 9.84 Å². The molecule has 0 atom stereocenters. The molecule has 4 heterocycles. The van der Waals surface area contributed by atoms with Crippen molar-refractivity contribution in [3.63, 3.8) is 0 Å². The number of rotatable bonds is 11. The molecule has 242 valence electrons. The fourth-order valence-electron chi connectivity index (χ4n) is 5.36.